The molecule has 3 heterocycles. The van der Waals surface area contributed by atoms with Crippen LogP contribution in [0.25, 0.3) is 5.69 Å². The van der Waals surface area contributed by atoms with Crippen molar-refractivity contribution in [2.75, 3.05) is 12.1 Å². The Morgan fingerprint density at radius 1 is 1.06 bits per heavy atom. The molecule has 0 bridgehead atoms. The van der Waals surface area contributed by atoms with Gasteiger partial charge in [0.2, 0.25) is 6.79 Å². The zero-order chi connectivity index (χ0) is 22.1. The lowest BCUT2D eigenvalue weighted by molar-refractivity contribution is 0.174. The maximum absolute atomic E-state index is 14.6. The molecule has 2 aromatic heterocycles. The fraction of sp³-hybridized carbons (Fsp3) is 0.130. The fourth-order valence-corrected chi connectivity index (χ4v) is 3.27. The van der Waals surface area contributed by atoms with Gasteiger partial charge < -0.3 is 24.1 Å². The van der Waals surface area contributed by atoms with Crippen LogP contribution < -0.4 is 19.5 Å². The van der Waals surface area contributed by atoms with Crippen LogP contribution in [0.3, 0.4) is 0 Å². The standard InChI is InChI=1S/C23H18F2N4O3/c1-14-20(24)22(27-11-15-2-7-18-19(10-15)31-13-30-18)28-23(21(14)25)32-17-5-3-16(4-6-17)29-9-8-26-12-29/h2-10,12H,11,13H2,1H3,(H,27,28). The van der Waals surface area contributed by atoms with Crippen LogP contribution in [-0.4, -0.2) is 21.3 Å². The number of fused-ring (bicyclic) bond motifs is 1. The van der Waals surface area contributed by atoms with Gasteiger partial charge in [0.05, 0.1) is 6.33 Å². The number of imidazole rings is 1. The maximum Gasteiger partial charge on any atom is 0.258 e. The Labute approximate surface area is 182 Å². The van der Waals surface area contributed by atoms with Crippen molar-refractivity contribution in [2.45, 2.75) is 13.5 Å². The van der Waals surface area contributed by atoms with Crippen molar-refractivity contribution in [3.63, 3.8) is 0 Å². The topological polar surface area (TPSA) is 70.4 Å². The number of nitrogens with zero attached hydrogens (tertiary/aromatic N) is 3. The average Bonchev–Trinajstić information content (AvgIpc) is 3.51. The Morgan fingerprint density at radius 2 is 1.88 bits per heavy atom. The Kier molecular flexibility index (Phi) is 5.06. The van der Waals surface area contributed by atoms with E-state index in [1.165, 1.54) is 6.92 Å². The Balaban J connectivity index is 1.35. The number of hydrogen-bond donors (Lipinski definition) is 1. The van der Waals surface area contributed by atoms with Gasteiger partial charge in [0.1, 0.15) is 5.75 Å². The quantitative estimate of drug-likeness (QED) is 0.459. The lowest BCUT2D eigenvalue weighted by Gasteiger charge is -2.13. The summed E-state index contributed by atoms with van der Waals surface area (Å²) in [6, 6.07) is 12.3. The summed E-state index contributed by atoms with van der Waals surface area (Å²) in [5.41, 5.74) is 1.51. The minimum Gasteiger partial charge on any atom is -0.454 e. The predicted octanol–water partition coefficient (Wildman–Crippen LogP) is 4.99. The van der Waals surface area contributed by atoms with Crippen LogP contribution in [0.15, 0.2) is 61.2 Å². The summed E-state index contributed by atoms with van der Waals surface area (Å²) in [5.74, 6) is -0.394. The molecule has 0 unspecified atom stereocenters. The van der Waals surface area contributed by atoms with Crippen molar-refractivity contribution in [1.82, 2.24) is 14.5 Å². The van der Waals surface area contributed by atoms with Crippen LogP contribution in [0.4, 0.5) is 14.6 Å². The third kappa shape index (κ3) is 3.80. The molecule has 1 aliphatic heterocycles. The van der Waals surface area contributed by atoms with Crippen LogP contribution in [0.5, 0.6) is 23.1 Å². The second-order valence-corrected chi connectivity index (χ2v) is 7.13. The molecular weight excluding hydrogens is 418 g/mol. The van der Waals surface area contributed by atoms with Gasteiger partial charge in [-0.15, -0.1) is 0 Å². The minimum atomic E-state index is -0.852. The van der Waals surface area contributed by atoms with Crippen LogP contribution in [-0.2, 0) is 6.54 Å². The third-order valence-corrected chi connectivity index (χ3v) is 5.02. The molecule has 162 valence electrons. The number of rotatable bonds is 6. The SMILES string of the molecule is Cc1c(F)c(NCc2ccc3c(c2)OCO3)nc(Oc2ccc(-n3ccnc3)cc2)c1F. The number of ether oxygens (including phenoxy) is 3. The number of hydrogen-bond acceptors (Lipinski definition) is 6. The molecule has 4 aromatic rings. The van der Waals surface area contributed by atoms with Crippen LogP contribution in [0.1, 0.15) is 11.1 Å². The Morgan fingerprint density at radius 3 is 2.66 bits per heavy atom. The van der Waals surface area contributed by atoms with E-state index in [0.29, 0.717) is 17.2 Å². The number of aromatic nitrogens is 3. The minimum absolute atomic E-state index is 0.105. The molecule has 2 aromatic carbocycles. The molecular formula is C23H18F2N4O3. The highest BCUT2D eigenvalue weighted by molar-refractivity contribution is 5.48. The zero-order valence-electron chi connectivity index (χ0n) is 17.0. The third-order valence-electron chi connectivity index (χ3n) is 5.02. The molecule has 0 saturated carbocycles. The van der Waals surface area contributed by atoms with Gasteiger partial charge in [-0.3, -0.25) is 0 Å². The molecule has 9 heteroatoms. The van der Waals surface area contributed by atoms with Crippen molar-refractivity contribution in [3.05, 3.63) is 83.9 Å². The van der Waals surface area contributed by atoms with Crippen molar-refractivity contribution < 1.29 is 23.0 Å². The summed E-state index contributed by atoms with van der Waals surface area (Å²) in [6.07, 6.45) is 5.14. The van der Waals surface area contributed by atoms with E-state index in [1.54, 1.807) is 55.1 Å². The second-order valence-electron chi connectivity index (χ2n) is 7.13. The van der Waals surface area contributed by atoms with Crippen molar-refractivity contribution >= 4 is 5.82 Å². The number of benzene rings is 2. The van der Waals surface area contributed by atoms with Gasteiger partial charge in [0.15, 0.2) is 29.0 Å². The summed E-state index contributed by atoms with van der Waals surface area (Å²) in [7, 11) is 0. The number of pyridine rings is 1. The lowest BCUT2D eigenvalue weighted by atomic mass is 10.2. The lowest BCUT2D eigenvalue weighted by Crippen LogP contribution is -2.08. The van der Waals surface area contributed by atoms with Crippen molar-refractivity contribution in [2.24, 2.45) is 0 Å². The van der Waals surface area contributed by atoms with Crippen molar-refractivity contribution in [1.29, 1.82) is 0 Å². The van der Waals surface area contributed by atoms with Crippen LogP contribution in [0.2, 0.25) is 0 Å². The van der Waals surface area contributed by atoms with E-state index in [2.05, 4.69) is 15.3 Å². The van der Waals surface area contributed by atoms with Crippen LogP contribution in [0, 0.1) is 18.6 Å². The van der Waals surface area contributed by atoms with Gasteiger partial charge in [0.25, 0.3) is 5.88 Å². The van der Waals surface area contributed by atoms with Gasteiger partial charge in [-0.25, -0.2) is 13.8 Å². The first-order chi connectivity index (χ1) is 15.6. The summed E-state index contributed by atoms with van der Waals surface area (Å²) < 4.78 is 47.4. The number of halogens is 2. The highest BCUT2D eigenvalue weighted by Gasteiger charge is 2.20. The van der Waals surface area contributed by atoms with E-state index < -0.39 is 11.6 Å². The van der Waals surface area contributed by atoms with E-state index in [0.717, 1.165) is 11.3 Å². The fourth-order valence-electron chi connectivity index (χ4n) is 3.27. The molecule has 5 rings (SSSR count). The van der Waals surface area contributed by atoms with Gasteiger partial charge in [-0.1, -0.05) is 6.07 Å². The average molecular weight is 436 g/mol. The summed E-state index contributed by atoms with van der Waals surface area (Å²) >= 11 is 0. The first kappa shape index (κ1) is 19.8. The normalized spacial score (nSPS) is 12.1. The Bertz CT molecular complexity index is 1260. The smallest absolute Gasteiger partial charge is 0.258 e. The molecule has 1 aliphatic rings. The molecule has 0 fully saturated rings. The summed E-state index contributed by atoms with van der Waals surface area (Å²) in [5, 5.41) is 2.90. The molecule has 7 nitrogen and oxygen atoms in total. The number of anilines is 1. The van der Waals surface area contributed by atoms with Gasteiger partial charge >= 0.3 is 0 Å². The van der Waals surface area contributed by atoms with E-state index in [9.17, 15) is 8.78 Å². The van der Waals surface area contributed by atoms with Gasteiger partial charge in [-0.2, -0.15) is 4.98 Å². The van der Waals surface area contributed by atoms with E-state index in [4.69, 9.17) is 14.2 Å². The monoisotopic (exact) mass is 436 g/mol. The molecule has 1 N–H and O–H groups in total. The molecule has 0 atom stereocenters. The molecule has 0 aliphatic carbocycles. The van der Waals surface area contributed by atoms with E-state index in [1.807, 2.05) is 10.6 Å². The molecule has 32 heavy (non-hydrogen) atoms. The maximum atomic E-state index is 14.6. The predicted molar refractivity (Wildman–Crippen MR) is 112 cm³/mol. The summed E-state index contributed by atoms with van der Waals surface area (Å²) in [4.78, 5) is 8.03. The second kappa shape index (κ2) is 8.18. The largest absolute Gasteiger partial charge is 0.454 e. The first-order valence-electron chi connectivity index (χ1n) is 9.83. The Hall–Kier alpha value is -4.14. The first-order valence-corrected chi connectivity index (χ1v) is 9.83. The highest BCUT2D eigenvalue weighted by Crippen LogP contribution is 2.33. The number of nitrogens with one attached hydrogen (secondary N) is 1. The molecule has 0 radical (unpaired) electrons. The van der Waals surface area contributed by atoms with Crippen molar-refractivity contribution in [3.8, 4) is 28.8 Å². The zero-order valence-corrected chi connectivity index (χ0v) is 17.0. The molecule has 0 saturated heterocycles. The highest BCUT2D eigenvalue weighted by atomic mass is 19.1. The van der Waals surface area contributed by atoms with Gasteiger partial charge in [0, 0.05) is 30.2 Å². The van der Waals surface area contributed by atoms with E-state index in [-0.39, 0.29) is 30.6 Å². The summed E-state index contributed by atoms with van der Waals surface area (Å²) in [6.45, 7) is 1.77. The van der Waals surface area contributed by atoms with Crippen LogP contribution >= 0.6 is 0 Å². The van der Waals surface area contributed by atoms with E-state index >= 15 is 0 Å². The molecule has 0 spiro atoms. The molecule has 0 amide bonds. The van der Waals surface area contributed by atoms with Gasteiger partial charge in [-0.05, 0) is 48.9 Å².